The van der Waals surface area contributed by atoms with Gasteiger partial charge < -0.3 is 30.7 Å². The first-order valence-electron chi connectivity index (χ1n) is 11.5. The van der Waals surface area contributed by atoms with Crippen molar-refractivity contribution in [3.8, 4) is 11.5 Å². The summed E-state index contributed by atoms with van der Waals surface area (Å²) >= 11 is 8.30. The first-order chi connectivity index (χ1) is 19.5. The molecule has 2 aromatic heterocycles. The molecule has 4 aromatic rings. The van der Waals surface area contributed by atoms with E-state index >= 15 is 0 Å². The minimum Gasteiger partial charge on any atom is -0.508 e. The fourth-order valence-corrected chi connectivity index (χ4v) is 6.48. The van der Waals surface area contributed by atoms with E-state index in [2.05, 4.69) is 47.2 Å². The molecule has 2 aromatic carbocycles. The van der Waals surface area contributed by atoms with E-state index in [1.54, 1.807) is 54.6 Å². The molecule has 214 valence electrons. The van der Waals surface area contributed by atoms with Crippen LogP contribution >= 0.6 is 54.5 Å². The van der Waals surface area contributed by atoms with Crippen LogP contribution in [0.1, 0.15) is 49.8 Å². The van der Waals surface area contributed by atoms with E-state index in [9.17, 15) is 29.4 Å². The molecule has 0 radical (unpaired) electrons. The van der Waals surface area contributed by atoms with Gasteiger partial charge >= 0.3 is 11.9 Å². The quantitative estimate of drug-likeness (QED) is 0.143. The summed E-state index contributed by atoms with van der Waals surface area (Å²) < 4.78 is 5.55. The van der Waals surface area contributed by atoms with Crippen LogP contribution < -0.4 is 10.6 Å². The van der Waals surface area contributed by atoms with Crippen molar-refractivity contribution in [1.29, 1.82) is 0 Å². The van der Waals surface area contributed by atoms with Crippen LogP contribution in [0.4, 0.5) is 0 Å². The number of carbonyl (C=O) groups is 4. The van der Waals surface area contributed by atoms with Crippen LogP contribution in [-0.2, 0) is 17.8 Å². The van der Waals surface area contributed by atoms with Crippen LogP contribution in [0.5, 0.6) is 11.5 Å². The normalized spacial score (nSPS) is 10.2. The van der Waals surface area contributed by atoms with E-state index < -0.39 is 11.9 Å². The molecule has 0 saturated heterocycles. The van der Waals surface area contributed by atoms with Crippen LogP contribution in [0.3, 0.4) is 0 Å². The molecule has 0 bridgehead atoms. The third-order valence-corrected chi connectivity index (χ3v) is 9.12. The van der Waals surface area contributed by atoms with Gasteiger partial charge in [-0.05, 0) is 79.4 Å². The second kappa shape index (κ2) is 14.8. The Labute approximate surface area is 258 Å². The van der Waals surface area contributed by atoms with E-state index in [-0.39, 0.29) is 41.3 Å². The molecular weight excluding hydrogens is 704 g/mol. The summed E-state index contributed by atoms with van der Waals surface area (Å²) in [7, 11) is 1.29. The van der Waals surface area contributed by atoms with Crippen LogP contribution in [0.25, 0.3) is 0 Å². The number of methoxy groups -OCH3 is 1. The maximum absolute atomic E-state index is 12.0. The molecule has 10 nitrogen and oxygen atoms in total. The maximum Gasteiger partial charge on any atom is 0.349 e. The summed E-state index contributed by atoms with van der Waals surface area (Å²) in [6.45, 7) is 0.543. The van der Waals surface area contributed by atoms with Crippen molar-refractivity contribution < 1.29 is 39.2 Å². The van der Waals surface area contributed by atoms with Gasteiger partial charge in [0.2, 0.25) is 0 Å². The Balaban J connectivity index is 0.000000226. The van der Waals surface area contributed by atoms with E-state index in [0.717, 1.165) is 33.8 Å². The minimum absolute atomic E-state index is 0.0903. The highest BCUT2D eigenvalue weighted by molar-refractivity contribution is 9.11. The standard InChI is InChI=1S/C14H12BrNO4S.C13H10BrNO4S/c1-20-14(19)12-10(15)6-11(21-12)13(18)16-7-8-3-2-4-9(17)5-8;14-9-5-10(20-11(9)13(18)19)12(17)15-6-7-2-1-3-8(16)4-7/h2-6,17H,7H2,1H3,(H,16,18);1-5,16H,6H2,(H,15,17)(H,18,19). The molecule has 2 amide bonds. The van der Waals surface area contributed by atoms with Crippen molar-refractivity contribution in [3.63, 3.8) is 0 Å². The van der Waals surface area contributed by atoms with Crippen molar-refractivity contribution in [1.82, 2.24) is 10.6 Å². The van der Waals surface area contributed by atoms with Crippen LogP contribution in [0.15, 0.2) is 69.6 Å². The lowest BCUT2D eigenvalue weighted by Crippen LogP contribution is -2.21. The number of carboxylic acid groups (broad SMARTS) is 1. The van der Waals surface area contributed by atoms with Gasteiger partial charge in [0.15, 0.2) is 0 Å². The third-order valence-electron chi connectivity index (χ3n) is 5.11. The second-order valence-electron chi connectivity index (χ2n) is 8.08. The number of carbonyl (C=O) groups excluding carboxylic acids is 3. The van der Waals surface area contributed by atoms with Gasteiger partial charge in [0.05, 0.1) is 16.9 Å². The summed E-state index contributed by atoms with van der Waals surface area (Å²) in [5.74, 6) is -1.93. The minimum atomic E-state index is -1.08. The van der Waals surface area contributed by atoms with Gasteiger partial charge in [-0.15, -0.1) is 22.7 Å². The van der Waals surface area contributed by atoms with Crippen molar-refractivity contribution in [2.45, 2.75) is 13.1 Å². The first-order valence-corrected chi connectivity index (χ1v) is 14.7. The number of thiophene rings is 2. The molecular formula is C27H22Br2N2O8S2. The lowest BCUT2D eigenvalue weighted by atomic mass is 10.2. The molecule has 0 fully saturated rings. The van der Waals surface area contributed by atoms with Crippen LogP contribution in [0.2, 0.25) is 0 Å². The SMILES string of the molecule is COC(=O)c1sc(C(=O)NCc2cccc(O)c2)cc1Br.O=C(NCc1cccc(O)c1)c1cc(Br)c(C(=O)O)s1. The molecule has 5 N–H and O–H groups in total. The average molecular weight is 726 g/mol. The molecule has 0 aliphatic heterocycles. The summed E-state index contributed by atoms with van der Waals surface area (Å²) in [5.41, 5.74) is 1.54. The number of halogens is 2. The highest BCUT2D eigenvalue weighted by atomic mass is 79.9. The lowest BCUT2D eigenvalue weighted by Gasteiger charge is -2.04. The molecule has 4 rings (SSSR count). The number of hydrogen-bond acceptors (Lipinski definition) is 9. The number of rotatable bonds is 8. The Morgan fingerprint density at radius 2 is 1.20 bits per heavy atom. The zero-order valence-electron chi connectivity index (χ0n) is 21.1. The van der Waals surface area contributed by atoms with Gasteiger partial charge in [0, 0.05) is 22.0 Å². The maximum atomic E-state index is 12.0. The predicted molar refractivity (Wildman–Crippen MR) is 161 cm³/mol. The molecule has 0 atom stereocenters. The largest absolute Gasteiger partial charge is 0.508 e. The Morgan fingerprint density at radius 1 is 0.756 bits per heavy atom. The van der Waals surface area contributed by atoms with Gasteiger partial charge in [-0.1, -0.05) is 24.3 Å². The summed E-state index contributed by atoms with van der Waals surface area (Å²) in [6.07, 6.45) is 0. The van der Waals surface area contributed by atoms with Crippen molar-refractivity contribution >= 4 is 78.3 Å². The van der Waals surface area contributed by atoms with Crippen LogP contribution in [-0.4, -0.2) is 46.2 Å². The molecule has 0 saturated carbocycles. The van der Waals surface area contributed by atoms with Crippen molar-refractivity contribution in [3.05, 3.63) is 100 Å². The van der Waals surface area contributed by atoms with Gasteiger partial charge in [0.1, 0.15) is 21.3 Å². The fourth-order valence-electron chi connectivity index (χ4n) is 3.21. The number of aromatic hydroxyl groups is 2. The van der Waals surface area contributed by atoms with Gasteiger partial charge in [-0.25, -0.2) is 9.59 Å². The number of phenols is 2. The van der Waals surface area contributed by atoms with E-state index in [1.165, 1.54) is 13.2 Å². The predicted octanol–water partition coefficient (Wildman–Crippen LogP) is 5.78. The zero-order valence-corrected chi connectivity index (χ0v) is 25.9. The van der Waals surface area contributed by atoms with Gasteiger partial charge in [-0.3, -0.25) is 9.59 Å². The number of nitrogens with one attached hydrogen (secondary N) is 2. The van der Waals surface area contributed by atoms with E-state index in [4.69, 9.17) is 5.11 Å². The summed E-state index contributed by atoms with van der Waals surface area (Å²) in [5, 5.41) is 33.0. The molecule has 2 heterocycles. The Morgan fingerprint density at radius 3 is 1.59 bits per heavy atom. The molecule has 14 heteroatoms. The Hall–Kier alpha value is -3.72. The van der Waals surface area contributed by atoms with Crippen molar-refractivity contribution in [2.75, 3.05) is 7.11 Å². The molecule has 0 aliphatic rings. The summed E-state index contributed by atoms with van der Waals surface area (Å²) in [4.78, 5) is 47.5. The number of ether oxygens (including phenoxy) is 1. The number of amides is 2. The monoisotopic (exact) mass is 724 g/mol. The van der Waals surface area contributed by atoms with E-state index in [0.29, 0.717) is 23.6 Å². The number of esters is 1. The highest BCUT2D eigenvalue weighted by Gasteiger charge is 2.19. The van der Waals surface area contributed by atoms with Gasteiger partial charge in [-0.2, -0.15) is 0 Å². The molecule has 0 aliphatic carbocycles. The topological polar surface area (TPSA) is 162 Å². The Kier molecular flexibility index (Phi) is 11.5. The van der Waals surface area contributed by atoms with Crippen molar-refractivity contribution in [2.24, 2.45) is 0 Å². The number of carboxylic acids is 1. The Bertz CT molecular complexity index is 1590. The fraction of sp³-hybridized carbons (Fsp3) is 0.111. The van der Waals surface area contributed by atoms with E-state index in [1.807, 2.05) is 0 Å². The van der Waals surface area contributed by atoms with Gasteiger partial charge in [0.25, 0.3) is 11.8 Å². The lowest BCUT2D eigenvalue weighted by molar-refractivity contribution is 0.0604. The molecule has 0 unspecified atom stereocenters. The number of benzene rings is 2. The van der Waals surface area contributed by atoms with Crippen LogP contribution in [0, 0.1) is 0 Å². The highest BCUT2D eigenvalue weighted by Crippen LogP contribution is 2.29. The zero-order chi connectivity index (χ0) is 30.1. The summed E-state index contributed by atoms with van der Waals surface area (Å²) in [6, 6.07) is 16.2. The number of phenolic OH excluding ortho intramolecular Hbond substituents is 2. The average Bonchev–Trinajstić information content (AvgIpc) is 3.53. The second-order valence-corrected chi connectivity index (χ2v) is 11.9. The molecule has 41 heavy (non-hydrogen) atoms. The first kappa shape index (κ1) is 31.8. The smallest absolute Gasteiger partial charge is 0.349 e. The molecule has 0 spiro atoms. The number of aromatic carboxylic acids is 1. The number of hydrogen-bond donors (Lipinski definition) is 5. The third kappa shape index (κ3) is 9.14.